The van der Waals surface area contributed by atoms with Gasteiger partial charge in [-0.15, -0.1) is 6.42 Å². The number of rotatable bonds is 10. The zero-order chi connectivity index (χ0) is 29.2. The smallest absolute Gasteiger partial charge is 0.323 e. The predicted molar refractivity (Wildman–Crippen MR) is 150 cm³/mol. The van der Waals surface area contributed by atoms with Crippen molar-refractivity contribution < 1.29 is 33.5 Å². The van der Waals surface area contributed by atoms with Crippen molar-refractivity contribution in [3.05, 3.63) is 58.8 Å². The first kappa shape index (κ1) is 29.9. The lowest BCUT2D eigenvalue weighted by Crippen LogP contribution is -2.46. The van der Waals surface area contributed by atoms with Crippen LogP contribution >= 0.6 is 6.64 Å². The lowest BCUT2D eigenvalue weighted by atomic mass is 9.95. The van der Waals surface area contributed by atoms with Crippen LogP contribution in [0.1, 0.15) is 32.7 Å². The molecule has 0 saturated carbocycles. The fourth-order valence-electron chi connectivity index (χ4n) is 4.20. The van der Waals surface area contributed by atoms with E-state index in [-0.39, 0.29) is 18.2 Å². The minimum Gasteiger partial charge on any atom is -0.462 e. The minimum absolute atomic E-state index is 0.112. The molecule has 1 aromatic carbocycles. The number of esters is 1. The lowest BCUT2D eigenvalue weighted by Gasteiger charge is -2.28. The highest BCUT2D eigenvalue weighted by Crippen LogP contribution is 2.47. The zero-order valence-electron chi connectivity index (χ0n) is 22.3. The maximum atomic E-state index is 12.5. The van der Waals surface area contributed by atoms with Crippen molar-refractivity contribution in [1.29, 1.82) is 0 Å². The molecule has 0 spiro atoms. The summed E-state index contributed by atoms with van der Waals surface area (Å²) < 4.78 is 24.6. The number of H-pyrrole nitrogens is 1. The standard InChI is InChI=1S/C26H31N4O8PS/c1-6-26(34)22(31)20(37-25(26)30-14-27-21-19(30)12-16(4)28-23(21)32)13-35-39(40,38-18-10-8-7-9-11-18)29-17(5)24(33)36-15(2)3/h1,7-12,14-15,17,20,22,25,31,34H,13H2,2-5H3,(H,28,32)(H,29,40)/t17-,20+,22+,25+,26+,39?/m0/s1. The molecule has 2 aromatic heterocycles. The highest BCUT2D eigenvalue weighted by Gasteiger charge is 2.56. The van der Waals surface area contributed by atoms with Crippen molar-refractivity contribution in [1.82, 2.24) is 19.6 Å². The molecule has 3 aromatic rings. The van der Waals surface area contributed by atoms with E-state index < -0.39 is 48.2 Å². The number of nitrogens with one attached hydrogen (secondary N) is 2. The highest BCUT2D eigenvalue weighted by molar-refractivity contribution is 8.09. The molecule has 14 heteroatoms. The van der Waals surface area contributed by atoms with Crippen LogP contribution in [0, 0.1) is 19.3 Å². The van der Waals surface area contributed by atoms with Crippen LogP contribution in [0.15, 0.2) is 47.5 Å². The summed E-state index contributed by atoms with van der Waals surface area (Å²) in [6.45, 7) is 2.87. The third-order valence-electron chi connectivity index (χ3n) is 6.11. The quantitative estimate of drug-likeness (QED) is 0.155. The molecular formula is C26H31N4O8PS. The molecule has 3 heterocycles. The maximum Gasteiger partial charge on any atom is 0.323 e. The minimum atomic E-state index is -3.46. The van der Waals surface area contributed by atoms with Gasteiger partial charge in [-0.1, -0.05) is 24.1 Å². The number of aromatic amines is 1. The van der Waals surface area contributed by atoms with Crippen LogP contribution in [0.2, 0.25) is 0 Å². The third-order valence-corrected chi connectivity index (χ3v) is 8.61. The number of nitrogens with zero attached hydrogens (tertiary/aromatic N) is 2. The fraction of sp³-hybridized carbons (Fsp3) is 0.423. The van der Waals surface area contributed by atoms with Gasteiger partial charge in [0.1, 0.15) is 24.0 Å². The van der Waals surface area contributed by atoms with Gasteiger partial charge < -0.3 is 33.7 Å². The van der Waals surface area contributed by atoms with Gasteiger partial charge in [0.05, 0.1) is 24.6 Å². The van der Waals surface area contributed by atoms with Crippen molar-refractivity contribution in [2.24, 2.45) is 0 Å². The number of pyridine rings is 1. The highest BCUT2D eigenvalue weighted by atomic mass is 32.5. The Balaban J connectivity index is 1.59. The van der Waals surface area contributed by atoms with E-state index in [0.717, 1.165) is 0 Å². The van der Waals surface area contributed by atoms with E-state index in [1.54, 1.807) is 64.1 Å². The first-order valence-corrected chi connectivity index (χ1v) is 15.1. The van der Waals surface area contributed by atoms with E-state index in [1.165, 1.54) is 10.9 Å². The molecule has 12 nitrogen and oxygen atoms in total. The normalized spacial score (nSPS) is 24.9. The van der Waals surface area contributed by atoms with Crippen LogP contribution in [0.4, 0.5) is 0 Å². The van der Waals surface area contributed by atoms with Gasteiger partial charge in [0.25, 0.3) is 5.56 Å². The Morgan fingerprint density at radius 1 is 1.38 bits per heavy atom. The SMILES string of the molecule is C#C[C@@]1(O)[C@H](O)[C@@H](COP(=S)(N[C@@H](C)C(=O)OC(C)C)Oc2ccccc2)O[C@H]1n1cnc2c(=O)[nH]c(C)cc21. The number of ether oxygens (including phenoxy) is 2. The van der Waals surface area contributed by atoms with E-state index in [1.807, 2.05) is 0 Å². The average molecular weight is 591 g/mol. The maximum absolute atomic E-state index is 12.5. The number of aliphatic hydroxyl groups is 2. The van der Waals surface area contributed by atoms with Gasteiger partial charge in [0.15, 0.2) is 17.3 Å². The number of imidazole rings is 1. The number of aryl methyl sites for hydroxylation is 1. The van der Waals surface area contributed by atoms with E-state index in [4.69, 9.17) is 36.8 Å². The number of fused-ring (bicyclic) bond motifs is 1. The number of terminal acetylenes is 1. The Labute approximate surface area is 235 Å². The number of hydrogen-bond donors (Lipinski definition) is 4. The van der Waals surface area contributed by atoms with Crippen LogP contribution in [0.5, 0.6) is 5.75 Å². The summed E-state index contributed by atoms with van der Waals surface area (Å²) in [5.41, 5.74) is -1.61. The molecule has 1 unspecified atom stereocenters. The first-order valence-electron chi connectivity index (χ1n) is 12.4. The molecule has 0 bridgehead atoms. The summed E-state index contributed by atoms with van der Waals surface area (Å²) in [7, 11) is 0. The number of carbonyl (C=O) groups excluding carboxylic acids is 1. The van der Waals surface area contributed by atoms with Crippen molar-refractivity contribution in [3.8, 4) is 18.1 Å². The Morgan fingerprint density at radius 3 is 2.73 bits per heavy atom. The van der Waals surface area contributed by atoms with Gasteiger partial charge in [-0.05, 0) is 57.7 Å². The number of hydrogen-bond acceptors (Lipinski definition) is 10. The predicted octanol–water partition coefficient (Wildman–Crippen LogP) is 1.91. The van der Waals surface area contributed by atoms with Gasteiger partial charge in [-0.3, -0.25) is 14.2 Å². The number of benzene rings is 1. The van der Waals surface area contributed by atoms with Crippen LogP contribution in [-0.4, -0.2) is 67.3 Å². The summed E-state index contributed by atoms with van der Waals surface area (Å²) in [5.74, 6) is 2.05. The van der Waals surface area contributed by atoms with Gasteiger partial charge in [-0.25, -0.2) is 10.1 Å². The number of aliphatic hydroxyl groups excluding tert-OH is 1. The van der Waals surface area contributed by atoms with E-state index in [2.05, 4.69) is 21.0 Å². The molecule has 4 rings (SSSR count). The van der Waals surface area contributed by atoms with Crippen molar-refractivity contribution >= 4 is 35.5 Å². The molecule has 214 valence electrons. The van der Waals surface area contributed by atoms with Gasteiger partial charge in [0.2, 0.25) is 0 Å². The van der Waals surface area contributed by atoms with Gasteiger partial charge >= 0.3 is 12.6 Å². The second kappa shape index (κ2) is 11.8. The van der Waals surface area contributed by atoms with Crippen molar-refractivity contribution in [2.45, 2.75) is 63.9 Å². The second-order valence-corrected chi connectivity index (χ2v) is 12.8. The molecule has 0 radical (unpaired) electrons. The Morgan fingerprint density at radius 2 is 2.08 bits per heavy atom. The van der Waals surface area contributed by atoms with E-state index in [0.29, 0.717) is 17.0 Å². The Hall–Kier alpha value is -3.08. The molecule has 6 atom stereocenters. The molecule has 4 N–H and O–H groups in total. The second-order valence-electron chi connectivity index (χ2n) is 9.64. The number of carbonyl (C=O) groups is 1. The summed E-state index contributed by atoms with van der Waals surface area (Å²) >= 11 is 5.71. The molecule has 0 amide bonds. The van der Waals surface area contributed by atoms with E-state index in [9.17, 15) is 19.8 Å². The van der Waals surface area contributed by atoms with Gasteiger partial charge in [-0.2, -0.15) is 0 Å². The largest absolute Gasteiger partial charge is 0.462 e. The zero-order valence-corrected chi connectivity index (χ0v) is 24.0. The van der Waals surface area contributed by atoms with Crippen LogP contribution < -0.4 is 15.2 Å². The van der Waals surface area contributed by atoms with Crippen molar-refractivity contribution in [3.63, 3.8) is 0 Å². The molecule has 0 aliphatic carbocycles. The van der Waals surface area contributed by atoms with Gasteiger partial charge in [0, 0.05) is 5.69 Å². The molecular weight excluding hydrogens is 559 g/mol. The summed E-state index contributed by atoms with van der Waals surface area (Å²) in [6, 6.07) is 9.39. The summed E-state index contributed by atoms with van der Waals surface area (Å²) in [6.07, 6.45) is 2.51. The Bertz CT molecular complexity index is 1520. The molecule has 1 aliphatic rings. The summed E-state index contributed by atoms with van der Waals surface area (Å²) in [5, 5.41) is 25.3. The van der Waals surface area contributed by atoms with Crippen LogP contribution in [0.25, 0.3) is 11.0 Å². The van der Waals surface area contributed by atoms with Crippen molar-refractivity contribution in [2.75, 3.05) is 6.61 Å². The monoisotopic (exact) mass is 590 g/mol. The average Bonchev–Trinajstić information content (AvgIpc) is 3.42. The topological polar surface area (TPSA) is 157 Å². The lowest BCUT2D eigenvalue weighted by molar-refractivity contribution is -0.149. The molecule has 1 fully saturated rings. The molecule has 40 heavy (non-hydrogen) atoms. The van der Waals surface area contributed by atoms with Crippen LogP contribution in [0.3, 0.4) is 0 Å². The number of para-hydroxylation sites is 1. The summed E-state index contributed by atoms with van der Waals surface area (Å²) in [4.78, 5) is 31.6. The molecule has 1 aliphatic heterocycles. The number of aromatic nitrogens is 3. The Kier molecular flexibility index (Phi) is 8.82. The van der Waals surface area contributed by atoms with E-state index >= 15 is 0 Å². The molecule has 1 saturated heterocycles. The third kappa shape index (κ3) is 6.14. The first-order chi connectivity index (χ1) is 18.9. The fourth-order valence-corrected chi connectivity index (χ4v) is 6.62. The van der Waals surface area contributed by atoms with Crippen LogP contribution in [-0.2, 0) is 30.6 Å².